The number of para-hydroxylation sites is 1. The fourth-order valence-electron chi connectivity index (χ4n) is 1.68. The molecule has 0 spiro atoms. The second kappa shape index (κ2) is 3.86. The first-order valence-electron chi connectivity index (χ1n) is 5.23. The van der Waals surface area contributed by atoms with Crippen molar-refractivity contribution in [2.24, 2.45) is 0 Å². The molecule has 84 valence electrons. The molecule has 0 saturated carbocycles. The number of aryl methyl sites for hydroxylation is 1. The van der Waals surface area contributed by atoms with Crippen molar-refractivity contribution in [1.82, 2.24) is 15.1 Å². The van der Waals surface area contributed by atoms with Gasteiger partial charge in [0, 0.05) is 5.69 Å². The van der Waals surface area contributed by atoms with E-state index in [0.717, 1.165) is 16.8 Å². The van der Waals surface area contributed by atoms with Crippen LogP contribution in [0.1, 0.15) is 5.69 Å². The lowest BCUT2D eigenvalue weighted by Gasteiger charge is -2.05. The van der Waals surface area contributed by atoms with Crippen molar-refractivity contribution >= 4 is 22.6 Å². The Kier molecular flexibility index (Phi) is 2.22. The Hall–Kier alpha value is -2.43. The Morgan fingerprint density at radius 1 is 1.12 bits per heavy atom. The molecule has 3 aromatic rings. The first-order chi connectivity index (χ1) is 8.34. The van der Waals surface area contributed by atoms with Crippen molar-refractivity contribution in [1.29, 1.82) is 0 Å². The molecule has 3 rings (SSSR count). The molecule has 0 aliphatic heterocycles. The van der Waals surface area contributed by atoms with Crippen molar-refractivity contribution in [2.45, 2.75) is 6.92 Å². The van der Waals surface area contributed by atoms with E-state index in [9.17, 15) is 0 Å². The fraction of sp³-hybridized carbons (Fsp3) is 0.0833. The predicted molar refractivity (Wildman–Crippen MR) is 64.1 cm³/mol. The van der Waals surface area contributed by atoms with Crippen LogP contribution in [0, 0.1) is 6.92 Å². The van der Waals surface area contributed by atoms with Crippen molar-refractivity contribution < 1.29 is 4.52 Å². The van der Waals surface area contributed by atoms with E-state index in [0.29, 0.717) is 11.5 Å². The van der Waals surface area contributed by atoms with Crippen molar-refractivity contribution in [2.75, 3.05) is 5.32 Å². The molecule has 0 saturated heterocycles. The highest BCUT2D eigenvalue weighted by atomic mass is 16.5. The average molecular weight is 226 g/mol. The van der Waals surface area contributed by atoms with E-state index in [1.54, 1.807) is 0 Å². The molecule has 0 unspecified atom stereocenters. The molecule has 1 aromatic carbocycles. The van der Waals surface area contributed by atoms with Gasteiger partial charge >= 0.3 is 0 Å². The Morgan fingerprint density at radius 3 is 2.76 bits per heavy atom. The Bertz CT molecular complexity index is 648. The van der Waals surface area contributed by atoms with Crippen molar-refractivity contribution in [3.05, 3.63) is 42.4 Å². The van der Waals surface area contributed by atoms with E-state index in [4.69, 9.17) is 4.52 Å². The summed E-state index contributed by atoms with van der Waals surface area (Å²) in [6.07, 6.45) is 1.46. The summed E-state index contributed by atoms with van der Waals surface area (Å²) in [5.41, 5.74) is 2.24. The summed E-state index contributed by atoms with van der Waals surface area (Å²) >= 11 is 0. The average Bonchev–Trinajstić information content (AvgIpc) is 2.74. The maximum atomic E-state index is 5.09. The van der Waals surface area contributed by atoms with Gasteiger partial charge < -0.3 is 9.84 Å². The number of benzene rings is 1. The number of hydrogen-bond acceptors (Lipinski definition) is 5. The van der Waals surface area contributed by atoms with Crippen LogP contribution in [0.25, 0.3) is 11.1 Å². The lowest BCUT2D eigenvalue weighted by molar-refractivity contribution is 0.442. The molecule has 5 nitrogen and oxygen atoms in total. The highest BCUT2D eigenvalue weighted by Gasteiger charge is 2.11. The van der Waals surface area contributed by atoms with E-state index < -0.39 is 0 Å². The second-order valence-corrected chi connectivity index (χ2v) is 3.66. The van der Waals surface area contributed by atoms with Gasteiger partial charge in [-0.15, -0.1) is 0 Å². The third-order valence-electron chi connectivity index (χ3n) is 2.48. The van der Waals surface area contributed by atoms with E-state index >= 15 is 0 Å². The first kappa shape index (κ1) is 9.77. The standard InChI is InChI=1S/C12H10N4O/c1-8-10-11(13-7-14-12(10)17-16-8)15-9-5-3-2-4-6-9/h2-7H,1H3,(H,13,14,15). The number of anilines is 2. The van der Waals surface area contributed by atoms with Gasteiger partial charge in [0.05, 0.1) is 5.69 Å². The van der Waals surface area contributed by atoms with Crippen molar-refractivity contribution in [3.8, 4) is 0 Å². The van der Waals surface area contributed by atoms with Gasteiger partial charge in [-0.3, -0.25) is 0 Å². The summed E-state index contributed by atoms with van der Waals surface area (Å²) in [6.45, 7) is 1.87. The third kappa shape index (κ3) is 1.71. The summed E-state index contributed by atoms with van der Waals surface area (Å²) in [6, 6.07) is 9.82. The predicted octanol–water partition coefficient (Wildman–Crippen LogP) is 2.67. The Morgan fingerprint density at radius 2 is 1.94 bits per heavy atom. The smallest absolute Gasteiger partial charge is 0.263 e. The maximum Gasteiger partial charge on any atom is 0.263 e. The van der Waals surface area contributed by atoms with E-state index in [1.165, 1.54) is 6.33 Å². The fourth-order valence-corrected chi connectivity index (χ4v) is 1.68. The zero-order valence-electron chi connectivity index (χ0n) is 9.21. The highest BCUT2D eigenvalue weighted by Crippen LogP contribution is 2.25. The molecule has 0 aliphatic carbocycles. The number of nitrogens with zero attached hydrogens (tertiary/aromatic N) is 3. The summed E-state index contributed by atoms with van der Waals surface area (Å²) < 4.78 is 5.09. The van der Waals surface area contributed by atoms with Crippen LogP contribution in [0.3, 0.4) is 0 Å². The van der Waals surface area contributed by atoms with Gasteiger partial charge in [-0.25, -0.2) is 4.98 Å². The van der Waals surface area contributed by atoms with Crippen LogP contribution in [0.15, 0.2) is 41.2 Å². The highest BCUT2D eigenvalue weighted by molar-refractivity contribution is 5.89. The summed E-state index contributed by atoms with van der Waals surface area (Å²) in [4.78, 5) is 8.24. The number of fused-ring (bicyclic) bond motifs is 1. The molecule has 0 fully saturated rings. The molecule has 2 aromatic heterocycles. The Balaban J connectivity index is 2.09. The molecular weight excluding hydrogens is 216 g/mol. The minimum Gasteiger partial charge on any atom is -0.339 e. The van der Waals surface area contributed by atoms with E-state index in [-0.39, 0.29) is 0 Å². The zero-order valence-corrected chi connectivity index (χ0v) is 9.21. The van der Waals surface area contributed by atoms with Gasteiger partial charge in [-0.2, -0.15) is 4.98 Å². The molecule has 2 heterocycles. The topological polar surface area (TPSA) is 63.8 Å². The molecular formula is C12H10N4O. The van der Waals surface area contributed by atoms with E-state index in [2.05, 4.69) is 20.4 Å². The maximum absolute atomic E-state index is 5.09. The lowest BCUT2D eigenvalue weighted by atomic mass is 10.3. The van der Waals surface area contributed by atoms with Gasteiger partial charge in [0.2, 0.25) is 0 Å². The van der Waals surface area contributed by atoms with Gasteiger partial charge in [0.25, 0.3) is 5.71 Å². The third-order valence-corrected chi connectivity index (χ3v) is 2.48. The molecule has 0 aliphatic rings. The minimum absolute atomic E-state index is 0.496. The zero-order chi connectivity index (χ0) is 11.7. The summed E-state index contributed by atoms with van der Waals surface area (Å²) in [5, 5.41) is 7.92. The van der Waals surface area contributed by atoms with Crippen LogP contribution in [0.4, 0.5) is 11.5 Å². The van der Waals surface area contributed by atoms with Gasteiger partial charge in [0.15, 0.2) is 0 Å². The number of nitrogens with one attached hydrogen (secondary N) is 1. The number of aromatic nitrogens is 3. The van der Waals surface area contributed by atoms with Crippen molar-refractivity contribution in [3.63, 3.8) is 0 Å². The molecule has 0 radical (unpaired) electrons. The molecule has 1 N–H and O–H groups in total. The monoisotopic (exact) mass is 226 g/mol. The largest absolute Gasteiger partial charge is 0.339 e. The minimum atomic E-state index is 0.496. The molecule has 0 bridgehead atoms. The molecule has 0 atom stereocenters. The molecule has 5 heteroatoms. The first-order valence-corrected chi connectivity index (χ1v) is 5.23. The van der Waals surface area contributed by atoms with Crippen LogP contribution in [0.5, 0.6) is 0 Å². The summed E-state index contributed by atoms with van der Waals surface area (Å²) in [5.74, 6) is 0.708. The number of hydrogen-bond donors (Lipinski definition) is 1. The SMILES string of the molecule is Cc1noc2ncnc(Nc3ccccc3)c12. The quantitative estimate of drug-likeness (QED) is 0.727. The Labute approximate surface area is 97.5 Å². The summed E-state index contributed by atoms with van der Waals surface area (Å²) in [7, 11) is 0. The van der Waals surface area contributed by atoms with Gasteiger partial charge in [-0.05, 0) is 19.1 Å². The molecule has 0 amide bonds. The van der Waals surface area contributed by atoms with E-state index in [1.807, 2.05) is 37.3 Å². The van der Waals surface area contributed by atoms with Gasteiger partial charge in [-0.1, -0.05) is 23.4 Å². The van der Waals surface area contributed by atoms with Crippen LogP contribution in [-0.2, 0) is 0 Å². The number of rotatable bonds is 2. The normalized spacial score (nSPS) is 10.6. The van der Waals surface area contributed by atoms with Crippen LogP contribution < -0.4 is 5.32 Å². The van der Waals surface area contributed by atoms with Gasteiger partial charge in [0.1, 0.15) is 17.5 Å². The second-order valence-electron chi connectivity index (χ2n) is 3.66. The van der Waals surface area contributed by atoms with Crippen LogP contribution in [-0.4, -0.2) is 15.1 Å². The van der Waals surface area contributed by atoms with Crippen LogP contribution in [0.2, 0.25) is 0 Å². The molecule has 17 heavy (non-hydrogen) atoms. The lowest BCUT2D eigenvalue weighted by Crippen LogP contribution is -1.95. The van der Waals surface area contributed by atoms with Crippen LogP contribution >= 0.6 is 0 Å².